The van der Waals surface area contributed by atoms with Crippen LogP contribution in [0, 0.1) is 6.92 Å². The van der Waals surface area contributed by atoms with Gasteiger partial charge in [0.1, 0.15) is 0 Å². The zero-order valence-corrected chi connectivity index (χ0v) is 22.4. The van der Waals surface area contributed by atoms with Crippen LogP contribution < -0.4 is 10.6 Å². The topological polar surface area (TPSA) is 62.2 Å². The Morgan fingerprint density at radius 1 is 1.08 bits per heavy atom. The molecule has 1 aliphatic heterocycles. The molecular formula is C28H25Cl2N5OS. The molecule has 1 fully saturated rings. The molecule has 2 aromatic heterocycles. The predicted octanol–water partition coefficient (Wildman–Crippen LogP) is 6.49. The number of nitrogens with zero attached hydrogens (tertiary/aromatic N) is 3. The summed E-state index contributed by atoms with van der Waals surface area (Å²) in [4.78, 5) is 19.5. The van der Waals surface area contributed by atoms with Gasteiger partial charge in [-0.3, -0.25) is 9.78 Å². The van der Waals surface area contributed by atoms with E-state index >= 15 is 0 Å². The lowest BCUT2D eigenvalue weighted by atomic mass is 10.0. The van der Waals surface area contributed by atoms with Crippen molar-refractivity contribution in [1.29, 1.82) is 0 Å². The average molecular weight is 551 g/mol. The molecule has 1 aliphatic rings. The molecule has 0 bridgehead atoms. The van der Waals surface area contributed by atoms with E-state index in [9.17, 15) is 4.79 Å². The molecule has 3 heterocycles. The molecule has 6 nitrogen and oxygen atoms in total. The Hall–Kier alpha value is -3.39. The van der Waals surface area contributed by atoms with Gasteiger partial charge in [-0.25, -0.2) is 0 Å². The number of rotatable bonds is 7. The van der Waals surface area contributed by atoms with Gasteiger partial charge in [0.15, 0.2) is 5.11 Å². The molecule has 0 saturated carbocycles. The van der Waals surface area contributed by atoms with Gasteiger partial charge in [-0.15, -0.1) is 0 Å². The smallest absolute Gasteiger partial charge is 0.226 e. The maximum absolute atomic E-state index is 12.9. The van der Waals surface area contributed by atoms with Crippen molar-refractivity contribution in [1.82, 2.24) is 19.8 Å². The number of hydrogen-bond acceptors (Lipinski definition) is 3. The van der Waals surface area contributed by atoms with Gasteiger partial charge >= 0.3 is 0 Å². The molecule has 0 radical (unpaired) electrons. The van der Waals surface area contributed by atoms with Crippen molar-refractivity contribution in [2.45, 2.75) is 25.4 Å². The van der Waals surface area contributed by atoms with E-state index in [0.717, 1.165) is 28.3 Å². The molecular weight excluding hydrogens is 525 g/mol. The molecule has 1 saturated heterocycles. The number of pyridine rings is 1. The third kappa shape index (κ3) is 5.34. The Labute approximate surface area is 231 Å². The Bertz CT molecular complexity index is 1440. The van der Waals surface area contributed by atoms with Gasteiger partial charge in [0.2, 0.25) is 5.91 Å². The summed E-state index contributed by atoms with van der Waals surface area (Å²) in [5.41, 5.74) is 4.45. The summed E-state index contributed by atoms with van der Waals surface area (Å²) in [6.45, 7) is 2.40. The van der Waals surface area contributed by atoms with Crippen LogP contribution in [0.4, 0.5) is 5.69 Å². The highest BCUT2D eigenvalue weighted by atomic mass is 35.5. The number of carbonyl (C=O) groups excluding carboxylic acids is 1. The molecule has 9 heteroatoms. The summed E-state index contributed by atoms with van der Waals surface area (Å²) >= 11 is 18.5. The maximum Gasteiger partial charge on any atom is 0.226 e. The monoisotopic (exact) mass is 549 g/mol. The minimum Gasteiger partial charge on any atom is -0.352 e. The molecule has 2 N–H and O–H groups in total. The van der Waals surface area contributed by atoms with E-state index in [1.807, 2.05) is 84.4 Å². The SMILES string of the molecule is Cc1ccccc1NC(=O)CCN1C(=S)N[C@H](c2ccccn2)[C@H]1c1cccn1-c1ccc(Cl)cc1Cl. The lowest BCUT2D eigenvalue weighted by Gasteiger charge is -2.29. The Balaban J connectivity index is 1.46. The molecule has 4 aromatic rings. The van der Waals surface area contributed by atoms with Crippen molar-refractivity contribution >= 4 is 52.1 Å². The fourth-order valence-corrected chi connectivity index (χ4v) is 5.48. The normalized spacial score (nSPS) is 17.1. The Morgan fingerprint density at radius 2 is 1.89 bits per heavy atom. The second-order valence-electron chi connectivity index (χ2n) is 8.83. The van der Waals surface area contributed by atoms with Crippen LogP contribution in [0.3, 0.4) is 0 Å². The molecule has 37 heavy (non-hydrogen) atoms. The van der Waals surface area contributed by atoms with Gasteiger partial charge in [0.05, 0.1) is 28.5 Å². The van der Waals surface area contributed by atoms with Crippen LogP contribution in [0.5, 0.6) is 0 Å². The fourth-order valence-electron chi connectivity index (χ4n) is 4.65. The molecule has 5 rings (SSSR count). The van der Waals surface area contributed by atoms with Crippen molar-refractivity contribution in [2.24, 2.45) is 0 Å². The second-order valence-corrected chi connectivity index (χ2v) is 10.1. The largest absolute Gasteiger partial charge is 0.352 e. The van der Waals surface area contributed by atoms with E-state index in [-0.39, 0.29) is 24.4 Å². The van der Waals surface area contributed by atoms with Crippen molar-refractivity contribution < 1.29 is 4.79 Å². The zero-order valence-electron chi connectivity index (χ0n) is 20.1. The van der Waals surface area contributed by atoms with Crippen LogP contribution >= 0.6 is 35.4 Å². The third-order valence-corrected chi connectivity index (χ3v) is 7.34. The number of benzene rings is 2. The Morgan fingerprint density at radius 3 is 2.65 bits per heavy atom. The highest BCUT2D eigenvalue weighted by molar-refractivity contribution is 7.80. The first-order valence-electron chi connectivity index (χ1n) is 11.9. The maximum atomic E-state index is 12.9. The van der Waals surface area contributed by atoms with Crippen LogP contribution in [0.25, 0.3) is 5.69 Å². The summed E-state index contributed by atoms with van der Waals surface area (Å²) in [6.07, 6.45) is 4.00. The fraction of sp³-hybridized carbons (Fsp3) is 0.179. The van der Waals surface area contributed by atoms with E-state index in [1.165, 1.54) is 0 Å². The van der Waals surface area contributed by atoms with Gasteiger partial charge in [0.25, 0.3) is 0 Å². The van der Waals surface area contributed by atoms with Crippen molar-refractivity contribution in [2.75, 3.05) is 11.9 Å². The number of anilines is 1. The van der Waals surface area contributed by atoms with Crippen molar-refractivity contribution in [3.05, 3.63) is 112 Å². The number of para-hydroxylation sites is 1. The lowest BCUT2D eigenvalue weighted by Crippen LogP contribution is -2.33. The summed E-state index contributed by atoms with van der Waals surface area (Å²) in [5.74, 6) is -0.0757. The third-order valence-electron chi connectivity index (χ3n) is 6.45. The first-order valence-corrected chi connectivity index (χ1v) is 13.0. The minimum atomic E-state index is -0.226. The first-order chi connectivity index (χ1) is 17.9. The quantitative estimate of drug-likeness (QED) is 0.258. The molecule has 2 atom stereocenters. The number of aromatic nitrogens is 2. The van der Waals surface area contributed by atoms with Crippen LogP contribution in [-0.2, 0) is 4.79 Å². The van der Waals surface area contributed by atoms with Gasteiger partial charge in [-0.2, -0.15) is 0 Å². The van der Waals surface area contributed by atoms with Gasteiger partial charge in [-0.1, -0.05) is 47.5 Å². The van der Waals surface area contributed by atoms with E-state index < -0.39 is 0 Å². The van der Waals surface area contributed by atoms with E-state index in [2.05, 4.69) is 20.5 Å². The van der Waals surface area contributed by atoms with Crippen LogP contribution in [-0.4, -0.2) is 32.0 Å². The molecule has 0 unspecified atom stereocenters. The number of amides is 1. The second kappa shape index (κ2) is 10.9. The van der Waals surface area contributed by atoms with Crippen molar-refractivity contribution in [3.8, 4) is 5.69 Å². The predicted molar refractivity (Wildman–Crippen MR) is 152 cm³/mol. The van der Waals surface area contributed by atoms with Crippen molar-refractivity contribution in [3.63, 3.8) is 0 Å². The summed E-state index contributed by atoms with van der Waals surface area (Å²) < 4.78 is 2.04. The summed E-state index contributed by atoms with van der Waals surface area (Å²) in [6, 6.07) is 22.6. The van der Waals surface area contributed by atoms with Crippen LogP contribution in [0.1, 0.15) is 35.5 Å². The van der Waals surface area contributed by atoms with Gasteiger partial charge in [0, 0.05) is 41.8 Å². The number of halogens is 2. The van der Waals surface area contributed by atoms with Crippen LogP contribution in [0.15, 0.2) is 85.2 Å². The molecule has 1 amide bonds. The van der Waals surface area contributed by atoms with E-state index in [1.54, 1.807) is 12.3 Å². The number of nitrogens with one attached hydrogen (secondary N) is 2. The molecule has 188 valence electrons. The molecule has 0 spiro atoms. The van der Waals surface area contributed by atoms with E-state index in [4.69, 9.17) is 35.4 Å². The average Bonchev–Trinajstić information content (AvgIpc) is 3.48. The van der Waals surface area contributed by atoms with Gasteiger partial charge < -0.3 is 20.1 Å². The van der Waals surface area contributed by atoms with Gasteiger partial charge in [-0.05, 0) is 73.2 Å². The lowest BCUT2D eigenvalue weighted by molar-refractivity contribution is -0.116. The molecule has 0 aliphatic carbocycles. The van der Waals surface area contributed by atoms with E-state index in [0.29, 0.717) is 21.7 Å². The number of aryl methyl sites for hydroxylation is 1. The number of thiocarbonyl (C=S) groups is 1. The zero-order chi connectivity index (χ0) is 25.9. The standard InChI is InChI=1S/C28H25Cl2N5OS/c1-18-7-2-3-8-21(18)32-25(36)13-16-35-27(26(33-28(35)37)22-9-4-5-14-31-22)24-10-6-15-34(24)23-12-11-19(29)17-20(23)30/h2-12,14-15,17,26-27H,13,16H2,1H3,(H,32,36)(H,33,37)/t26-,27-/m1/s1. The highest BCUT2D eigenvalue weighted by Crippen LogP contribution is 2.40. The minimum absolute atomic E-state index is 0.0757. The Kier molecular flexibility index (Phi) is 7.46. The summed E-state index contributed by atoms with van der Waals surface area (Å²) in [7, 11) is 0. The number of hydrogen-bond donors (Lipinski definition) is 2. The highest BCUT2D eigenvalue weighted by Gasteiger charge is 2.41. The van der Waals surface area contributed by atoms with Crippen LogP contribution in [0.2, 0.25) is 10.0 Å². The first kappa shape index (κ1) is 25.3. The molecule has 2 aromatic carbocycles. The summed E-state index contributed by atoms with van der Waals surface area (Å²) in [5, 5.41) is 8.13. The number of carbonyl (C=O) groups is 1.